The van der Waals surface area contributed by atoms with Gasteiger partial charge in [-0.1, -0.05) is 18.2 Å². The third-order valence-electron chi connectivity index (χ3n) is 5.75. The number of amides is 1. The molecule has 0 N–H and O–H groups in total. The number of nitrogens with zero attached hydrogens (tertiary/aromatic N) is 3. The van der Waals surface area contributed by atoms with Crippen LogP contribution in [0.3, 0.4) is 0 Å². The Kier molecular flexibility index (Phi) is 7.38. The van der Waals surface area contributed by atoms with E-state index in [4.69, 9.17) is 0 Å². The largest absolute Gasteiger partial charge is 0.416 e. The Morgan fingerprint density at radius 1 is 1.00 bits per heavy atom. The summed E-state index contributed by atoms with van der Waals surface area (Å²) in [4.78, 5) is 16.6. The maximum absolute atomic E-state index is 13.4. The molecule has 0 bridgehead atoms. The Balaban J connectivity index is 2.01. The predicted molar refractivity (Wildman–Crippen MR) is 121 cm³/mol. The average molecular weight is 484 g/mol. The van der Waals surface area contributed by atoms with Crippen LogP contribution in [0.5, 0.6) is 0 Å². The molecule has 180 valence electrons. The first-order chi connectivity index (χ1) is 15.4. The van der Waals surface area contributed by atoms with Crippen molar-refractivity contribution in [3.8, 4) is 0 Å². The van der Waals surface area contributed by atoms with Gasteiger partial charge >= 0.3 is 6.18 Å². The van der Waals surface area contributed by atoms with Crippen molar-refractivity contribution in [2.24, 2.45) is 0 Å². The van der Waals surface area contributed by atoms with Gasteiger partial charge in [0.15, 0.2) is 0 Å². The zero-order chi connectivity index (χ0) is 24.4. The highest BCUT2D eigenvalue weighted by atomic mass is 32.2. The van der Waals surface area contributed by atoms with Crippen molar-refractivity contribution in [2.75, 3.05) is 39.1 Å². The molecule has 10 heteroatoms. The number of rotatable bonds is 6. The highest BCUT2D eigenvalue weighted by Gasteiger charge is 2.34. The Bertz CT molecular complexity index is 1110. The average Bonchev–Trinajstić information content (AvgIpc) is 2.78. The zero-order valence-electron chi connectivity index (χ0n) is 18.9. The quantitative estimate of drug-likeness (QED) is 0.618. The standard InChI is InChI=1S/C23H28F3N3O3S/c1-27(2)33(31,32)18-11-12-21(29-13-7-4-8-14-29)19(15-18)22(30)28(3)16-17-9-5-6-10-20(17)23(24,25)26/h5-6,9-12,15H,4,7-8,13-14,16H2,1-3H3. The minimum absolute atomic E-state index is 0.0301. The summed E-state index contributed by atoms with van der Waals surface area (Å²) in [7, 11) is 0.420. The van der Waals surface area contributed by atoms with Crippen LogP contribution >= 0.6 is 0 Å². The number of benzene rings is 2. The second-order valence-corrected chi connectivity index (χ2v) is 10.5. The van der Waals surface area contributed by atoms with Crippen LogP contribution in [0.15, 0.2) is 47.4 Å². The van der Waals surface area contributed by atoms with Crippen LogP contribution < -0.4 is 4.90 Å². The molecule has 2 aromatic carbocycles. The van der Waals surface area contributed by atoms with E-state index in [9.17, 15) is 26.4 Å². The minimum Gasteiger partial charge on any atom is -0.371 e. The summed E-state index contributed by atoms with van der Waals surface area (Å²) in [5, 5.41) is 0. The lowest BCUT2D eigenvalue weighted by molar-refractivity contribution is -0.138. The predicted octanol–water partition coefficient (Wildman–Crippen LogP) is 4.22. The molecule has 1 saturated heterocycles. The third-order valence-corrected chi connectivity index (χ3v) is 7.56. The molecule has 1 fully saturated rings. The topological polar surface area (TPSA) is 60.9 Å². The first-order valence-corrected chi connectivity index (χ1v) is 12.1. The van der Waals surface area contributed by atoms with Gasteiger partial charge in [0.25, 0.3) is 5.91 Å². The van der Waals surface area contributed by atoms with Gasteiger partial charge in [-0.15, -0.1) is 0 Å². The van der Waals surface area contributed by atoms with Crippen molar-refractivity contribution < 1.29 is 26.4 Å². The first kappa shape index (κ1) is 25.0. The van der Waals surface area contributed by atoms with Gasteiger partial charge in [-0.05, 0) is 49.1 Å². The molecule has 0 unspecified atom stereocenters. The maximum Gasteiger partial charge on any atom is 0.416 e. The molecule has 33 heavy (non-hydrogen) atoms. The molecular formula is C23H28F3N3O3S. The normalized spacial score (nSPS) is 15.1. The highest BCUT2D eigenvalue weighted by molar-refractivity contribution is 7.89. The molecule has 2 aromatic rings. The number of hydrogen-bond donors (Lipinski definition) is 0. The molecule has 0 aromatic heterocycles. The molecule has 1 heterocycles. The Labute approximate surface area is 192 Å². The van der Waals surface area contributed by atoms with E-state index in [0.717, 1.165) is 42.7 Å². The molecule has 1 aliphatic rings. The summed E-state index contributed by atoms with van der Waals surface area (Å²) in [6.07, 6.45) is -1.58. The van der Waals surface area contributed by atoms with Gasteiger partial charge in [-0.25, -0.2) is 12.7 Å². The molecule has 1 aliphatic heterocycles. The van der Waals surface area contributed by atoms with Crippen molar-refractivity contribution in [3.05, 3.63) is 59.2 Å². The van der Waals surface area contributed by atoms with E-state index in [1.165, 1.54) is 56.4 Å². The summed E-state index contributed by atoms with van der Waals surface area (Å²) >= 11 is 0. The van der Waals surface area contributed by atoms with Crippen LogP contribution in [0.4, 0.5) is 18.9 Å². The molecule has 0 spiro atoms. The van der Waals surface area contributed by atoms with Gasteiger partial charge in [0.2, 0.25) is 10.0 Å². The maximum atomic E-state index is 13.4. The summed E-state index contributed by atoms with van der Waals surface area (Å²) < 4.78 is 66.6. The lowest BCUT2D eigenvalue weighted by atomic mass is 10.0. The van der Waals surface area contributed by atoms with Crippen LogP contribution in [0.2, 0.25) is 0 Å². The van der Waals surface area contributed by atoms with E-state index in [1.807, 2.05) is 4.90 Å². The number of carbonyl (C=O) groups is 1. The van der Waals surface area contributed by atoms with Crippen molar-refractivity contribution in [1.29, 1.82) is 0 Å². The Morgan fingerprint density at radius 3 is 2.24 bits per heavy atom. The van der Waals surface area contributed by atoms with Gasteiger partial charge in [-0.2, -0.15) is 13.2 Å². The zero-order valence-corrected chi connectivity index (χ0v) is 19.7. The van der Waals surface area contributed by atoms with Crippen molar-refractivity contribution in [1.82, 2.24) is 9.21 Å². The Hall–Kier alpha value is -2.59. The highest BCUT2D eigenvalue weighted by Crippen LogP contribution is 2.33. The molecule has 0 radical (unpaired) electrons. The number of anilines is 1. The number of alkyl halides is 3. The number of piperidine rings is 1. The van der Waals surface area contributed by atoms with E-state index in [0.29, 0.717) is 5.69 Å². The van der Waals surface area contributed by atoms with Crippen molar-refractivity contribution in [2.45, 2.75) is 36.9 Å². The van der Waals surface area contributed by atoms with Crippen LogP contribution in [0.1, 0.15) is 40.7 Å². The molecule has 1 amide bonds. The second kappa shape index (κ2) is 9.72. The fraction of sp³-hybridized carbons (Fsp3) is 0.435. The van der Waals surface area contributed by atoms with Gasteiger partial charge in [0.1, 0.15) is 0 Å². The summed E-state index contributed by atoms with van der Waals surface area (Å²) in [5.41, 5.74) is -0.0811. The van der Waals surface area contributed by atoms with Crippen molar-refractivity contribution in [3.63, 3.8) is 0 Å². The van der Waals surface area contributed by atoms with E-state index in [1.54, 1.807) is 6.07 Å². The molecular weight excluding hydrogens is 455 g/mol. The van der Waals surface area contributed by atoms with Gasteiger partial charge in [0.05, 0.1) is 16.0 Å². The second-order valence-electron chi connectivity index (χ2n) is 8.33. The molecule has 0 saturated carbocycles. The summed E-state index contributed by atoms with van der Waals surface area (Å²) in [6, 6.07) is 9.53. The number of halogens is 3. The Morgan fingerprint density at radius 2 is 1.64 bits per heavy atom. The number of hydrogen-bond acceptors (Lipinski definition) is 4. The number of carbonyl (C=O) groups excluding carboxylic acids is 1. The van der Waals surface area contributed by atoms with Crippen LogP contribution in [-0.4, -0.2) is 57.8 Å². The molecule has 0 atom stereocenters. The first-order valence-electron chi connectivity index (χ1n) is 10.6. The summed E-state index contributed by atoms with van der Waals surface area (Å²) in [6.45, 7) is 1.18. The van der Waals surface area contributed by atoms with Gasteiger partial charge in [0, 0.05) is 46.5 Å². The van der Waals surface area contributed by atoms with E-state index in [2.05, 4.69) is 0 Å². The van der Waals surface area contributed by atoms with Crippen LogP contribution in [-0.2, 0) is 22.7 Å². The minimum atomic E-state index is -4.54. The van der Waals surface area contributed by atoms with E-state index in [-0.39, 0.29) is 22.6 Å². The fourth-order valence-electron chi connectivity index (χ4n) is 3.94. The van der Waals surface area contributed by atoms with Crippen molar-refractivity contribution >= 4 is 21.6 Å². The smallest absolute Gasteiger partial charge is 0.371 e. The lowest BCUT2D eigenvalue weighted by Crippen LogP contribution is -2.34. The van der Waals surface area contributed by atoms with E-state index < -0.39 is 27.7 Å². The van der Waals surface area contributed by atoms with Gasteiger partial charge < -0.3 is 9.80 Å². The van der Waals surface area contributed by atoms with Crippen LogP contribution in [0.25, 0.3) is 0 Å². The SMILES string of the molecule is CN(Cc1ccccc1C(F)(F)F)C(=O)c1cc(S(=O)(=O)N(C)C)ccc1N1CCCCC1. The van der Waals surface area contributed by atoms with Crippen LogP contribution in [0, 0.1) is 0 Å². The van der Waals surface area contributed by atoms with E-state index >= 15 is 0 Å². The lowest BCUT2D eigenvalue weighted by Gasteiger charge is -2.31. The molecule has 0 aliphatic carbocycles. The third kappa shape index (κ3) is 5.50. The molecule has 3 rings (SSSR count). The fourth-order valence-corrected chi connectivity index (χ4v) is 4.86. The summed E-state index contributed by atoms with van der Waals surface area (Å²) in [5.74, 6) is -0.539. The monoisotopic (exact) mass is 483 g/mol. The number of sulfonamides is 1. The molecule has 6 nitrogen and oxygen atoms in total. The van der Waals surface area contributed by atoms with Gasteiger partial charge in [-0.3, -0.25) is 4.79 Å².